The zero-order chi connectivity index (χ0) is 13.9. The molecular weight excluding hydrogens is 230 g/mol. The molecule has 1 amide bonds. The van der Waals surface area contributed by atoms with Crippen molar-refractivity contribution in [3.63, 3.8) is 0 Å². The maximum absolute atomic E-state index is 11.9. The fourth-order valence-electron chi connectivity index (χ4n) is 1.53. The van der Waals surface area contributed by atoms with Crippen LogP contribution in [0, 0.1) is 0 Å². The first-order valence-corrected chi connectivity index (χ1v) is 6.22. The highest BCUT2D eigenvalue weighted by atomic mass is 16.3. The number of nitrogens with one attached hydrogen (secondary N) is 1. The highest BCUT2D eigenvalue weighted by Crippen LogP contribution is 2.21. The molecule has 1 aromatic rings. The van der Waals surface area contributed by atoms with Gasteiger partial charge in [-0.15, -0.1) is 0 Å². The van der Waals surface area contributed by atoms with E-state index < -0.39 is 6.10 Å². The van der Waals surface area contributed by atoms with Gasteiger partial charge < -0.3 is 10.4 Å². The van der Waals surface area contributed by atoms with Gasteiger partial charge in [0.1, 0.15) is 5.69 Å². The Bertz CT molecular complexity index is 416. The van der Waals surface area contributed by atoms with E-state index in [1.807, 2.05) is 6.07 Å². The number of aliphatic hydroxyl groups excluding tert-OH is 1. The molecule has 0 aliphatic rings. The first kappa shape index (κ1) is 14.7. The van der Waals surface area contributed by atoms with Crippen LogP contribution in [0.3, 0.4) is 0 Å². The van der Waals surface area contributed by atoms with Crippen LogP contribution in [0.2, 0.25) is 0 Å². The molecule has 0 radical (unpaired) electrons. The molecule has 5 nitrogen and oxygen atoms in total. The lowest BCUT2D eigenvalue weighted by Crippen LogP contribution is -2.28. The van der Waals surface area contributed by atoms with E-state index in [1.165, 1.54) is 0 Å². The van der Waals surface area contributed by atoms with Crippen LogP contribution < -0.4 is 5.32 Å². The molecular formula is C13H23N3O2. The van der Waals surface area contributed by atoms with Gasteiger partial charge in [-0.3, -0.25) is 9.48 Å². The number of carbonyl (C=O) groups excluding carboxylic acids is 1. The Morgan fingerprint density at radius 1 is 1.56 bits per heavy atom. The van der Waals surface area contributed by atoms with Crippen LogP contribution in [0.4, 0.5) is 0 Å². The van der Waals surface area contributed by atoms with E-state index in [4.69, 9.17) is 5.11 Å². The summed E-state index contributed by atoms with van der Waals surface area (Å²) in [6.07, 6.45) is 0.150. The van der Waals surface area contributed by atoms with Crippen molar-refractivity contribution in [2.45, 2.75) is 45.6 Å². The largest absolute Gasteiger partial charge is 0.393 e. The summed E-state index contributed by atoms with van der Waals surface area (Å²) in [6.45, 7) is 8.35. The zero-order valence-electron chi connectivity index (χ0n) is 11.8. The maximum atomic E-state index is 11.9. The average Bonchev–Trinajstić information content (AvgIpc) is 2.59. The van der Waals surface area contributed by atoms with E-state index in [2.05, 4.69) is 31.2 Å². The summed E-state index contributed by atoms with van der Waals surface area (Å²) in [6, 6.07) is 1.82. The second-order valence-electron chi connectivity index (χ2n) is 5.68. The van der Waals surface area contributed by atoms with E-state index in [9.17, 15) is 4.79 Å². The van der Waals surface area contributed by atoms with E-state index in [0.29, 0.717) is 18.7 Å². The Morgan fingerprint density at radius 2 is 2.17 bits per heavy atom. The monoisotopic (exact) mass is 253 g/mol. The Morgan fingerprint density at radius 3 is 2.61 bits per heavy atom. The van der Waals surface area contributed by atoms with Crippen molar-refractivity contribution in [3.8, 4) is 0 Å². The molecule has 5 heteroatoms. The van der Waals surface area contributed by atoms with Crippen LogP contribution in [0.15, 0.2) is 6.07 Å². The Hall–Kier alpha value is -1.36. The molecule has 0 aliphatic carbocycles. The number of aryl methyl sites for hydroxylation is 1. The van der Waals surface area contributed by atoms with Crippen LogP contribution in [0.1, 0.15) is 50.3 Å². The fourth-order valence-corrected chi connectivity index (χ4v) is 1.53. The first-order valence-electron chi connectivity index (χ1n) is 6.22. The molecule has 1 atom stereocenters. The molecule has 18 heavy (non-hydrogen) atoms. The Kier molecular flexibility index (Phi) is 4.51. The maximum Gasteiger partial charge on any atom is 0.269 e. The normalized spacial score (nSPS) is 13.4. The summed E-state index contributed by atoms with van der Waals surface area (Å²) < 4.78 is 1.60. The summed E-state index contributed by atoms with van der Waals surface area (Å²) in [5.41, 5.74) is 1.37. The van der Waals surface area contributed by atoms with Gasteiger partial charge in [0.15, 0.2) is 0 Å². The van der Waals surface area contributed by atoms with Gasteiger partial charge >= 0.3 is 0 Å². The summed E-state index contributed by atoms with van der Waals surface area (Å²) in [5, 5.41) is 16.3. The van der Waals surface area contributed by atoms with Gasteiger partial charge in [-0.05, 0) is 19.4 Å². The van der Waals surface area contributed by atoms with Gasteiger partial charge in [0.2, 0.25) is 0 Å². The molecule has 0 aromatic carbocycles. The third-order valence-electron chi connectivity index (χ3n) is 2.73. The quantitative estimate of drug-likeness (QED) is 0.847. The number of hydrogen-bond donors (Lipinski definition) is 2. The van der Waals surface area contributed by atoms with E-state index in [1.54, 1.807) is 18.7 Å². The summed E-state index contributed by atoms with van der Waals surface area (Å²) in [7, 11) is 1.76. The highest BCUT2D eigenvalue weighted by Gasteiger charge is 2.21. The summed E-state index contributed by atoms with van der Waals surface area (Å²) in [5.74, 6) is -0.152. The highest BCUT2D eigenvalue weighted by molar-refractivity contribution is 5.92. The first-order chi connectivity index (χ1) is 8.21. The van der Waals surface area contributed by atoms with Gasteiger partial charge in [-0.1, -0.05) is 20.8 Å². The Labute approximate surface area is 108 Å². The second-order valence-corrected chi connectivity index (χ2v) is 5.68. The molecule has 1 rings (SSSR count). The molecule has 0 fully saturated rings. The van der Waals surface area contributed by atoms with E-state index in [0.717, 1.165) is 5.69 Å². The fraction of sp³-hybridized carbons (Fsp3) is 0.692. The molecule has 1 unspecified atom stereocenters. The topological polar surface area (TPSA) is 67.2 Å². The third kappa shape index (κ3) is 3.84. The van der Waals surface area contributed by atoms with Gasteiger partial charge in [-0.25, -0.2) is 0 Å². The summed E-state index contributed by atoms with van der Waals surface area (Å²) in [4.78, 5) is 11.9. The van der Waals surface area contributed by atoms with Crippen LogP contribution in [-0.2, 0) is 12.5 Å². The van der Waals surface area contributed by atoms with Crippen LogP contribution in [0.25, 0.3) is 0 Å². The Balaban J connectivity index is 2.72. The van der Waals surface area contributed by atoms with E-state index in [-0.39, 0.29) is 11.3 Å². The molecule has 0 spiro atoms. The van der Waals surface area contributed by atoms with Gasteiger partial charge in [-0.2, -0.15) is 5.10 Å². The molecule has 1 aromatic heterocycles. The number of carbonyl (C=O) groups is 1. The molecule has 1 heterocycles. The number of aromatic nitrogens is 2. The minimum absolute atomic E-state index is 0.0735. The van der Waals surface area contributed by atoms with Gasteiger partial charge in [0.25, 0.3) is 5.91 Å². The van der Waals surface area contributed by atoms with Crippen LogP contribution in [0.5, 0.6) is 0 Å². The minimum atomic E-state index is -0.401. The second kappa shape index (κ2) is 5.52. The number of amides is 1. The molecule has 0 bridgehead atoms. The molecule has 2 N–H and O–H groups in total. The lowest BCUT2D eigenvalue weighted by atomic mass is 9.92. The number of nitrogens with zero attached hydrogens (tertiary/aromatic N) is 2. The molecule has 0 saturated carbocycles. The zero-order valence-corrected chi connectivity index (χ0v) is 11.8. The van der Waals surface area contributed by atoms with E-state index >= 15 is 0 Å². The number of rotatable bonds is 4. The number of hydrogen-bond acceptors (Lipinski definition) is 3. The van der Waals surface area contributed by atoms with Crippen molar-refractivity contribution in [2.24, 2.45) is 7.05 Å². The molecule has 0 aliphatic heterocycles. The van der Waals surface area contributed by atoms with Crippen LogP contribution in [-0.4, -0.2) is 33.4 Å². The van der Waals surface area contributed by atoms with Crippen LogP contribution >= 0.6 is 0 Å². The van der Waals surface area contributed by atoms with Gasteiger partial charge in [0, 0.05) is 19.0 Å². The van der Waals surface area contributed by atoms with Crippen molar-refractivity contribution >= 4 is 5.91 Å². The van der Waals surface area contributed by atoms with Crippen molar-refractivity contribution in [2.75, 3.05) is 6.54 Å². The molecule has 102 valence electrons. The molecule has 0 saturated heterocycles. The lowest BCUT2D eigenvalue weighted by Gasteiger charge is -2.13. The minimum Gasteiger partial charge on any atom is -0.393 e. The van der Waals surface area contributed by atoms with Crippen molar-refractivity contribution in [3.05, 3.63) is 17.5 Å². The third-order valence-corrected chi connectivity index (χ3v) is 2.73. The predicted octanol–water partition coefficient (Wildman–Crippen LogP) is 1.22. The standard InChI is InChI=1S/C13H23N3O2/c1-9(17)6-7-14-12(18)10-8-11(13(2,3)4)15-16(10)5/h8-9,17H,6-7H2,1-5H3,(H,14,18). The smallest absolute Gasteiger partial charge is 0.269 e. The van der Waals surface area contributed by atoms with Crippen molar-refractivity contribution in [1.29, 1.82) is 0 Å². The van der Waals surface area contributed by atoms with Gasteiger partial charge in [0.05, 0.1) is 11.8 Å². The average molecular weight is 253 g/mol. The predicted molar refractivity (Wildman–Crippen MR) is 70.5 cm³/mol. The van der Waals surface area contributed by atoms with Crippen molar-refractivity contribution in [1.82, 2.24) is 15.1 Å². The SMILES string of the molecule is CC(O)CCNC(=O)c1cc(C(C)(C)C)nn1C. The lowest BCUT2D eigenvalue weighted by molar-refractivity contribution is 0.0936. The summed E-state index contributed by atoms with van der Waals surface area (Å²) >= 11 is 0. The number of aliphatic hydroxyl groups is 1. The van der Waals surface area contributed by atoms with Crippen molar-refractivity contribution < 1.29 is 9.90 Å².